The zero-order valence-electron chi connectivity index (χ0n) is 16.8. The SMILES string of the molecule is CC(C)(C)OC(=O)N1C[C@@H]2C[C@]2(c2ccc(-c3cnc(N)c(C(=O)O)c3)cc2)C1. The number of carboxylic acids is 1. The highest BCUT2D eigenvalue weighted by molar-refractivity contribution is 5.94. The Hall–Kier alpha value is -3.09. The first-order chi connectivity index (χ1) is 13.6. The molecule has 7 heteroatoms. The molecule has 2 aromatic rings. The van der Waals surface area contributed by atoms with E-state index in [9.17, 15) is 14.7 Å². The van der Waals surface area contributed by atoms with Gasteiger partial charge < -0.3 is 20.5 Å². The van der Waals surface area contributed by atoms with Crippen LogP contribution in [0.15, 0.2) is 36.5 Å². The highest BCUT2D eigenvalue weighted by atomic mass is 16.6. The van der Waals surface area contributed by atoms with Gasteiger partial charge in [-0.3, -0.25) is 0 Å². The van der Waals surface area contributed by atoms with Crippen molar-refractivity contribution in [3.8, 4) is 11.1 Å². The molecule has 2 heterocycles. The molecule has 2 aliphatic rings. The van der Waals surface area contributed by atoms with Crippen LogP contribution < -0.4 is 5.73 Å². The van der Waals surface area contributed by atoms with E-state index in [4.69, 9.17) is 10.5 Å². The summed E-state index contributed by atoms with van der Waals surface area (Å²) in [5.74, 6) is -0.634. The number of nitrogens with zero attached hydrogens (tertiary/aromatic N) is 2. The maximum Gasteiger partial charge on any atom is 0.410 e. The maximum atomic E-state index is 12.4. The zero-order chi connectivity index (χ0) is 21.0. The number of anilines is 1. The lowest BCUT2D eigenvalue weighted by molar-refractivity contribution is 0.0270. The van der Waals surface area contributed by atoms with Gasteiger partial charge in [0.15, 0.2) is 0 Å². The summed E-state index contributed by atoms with van der Waals surface area (Å²) in [6, 6.07) is 9.59. The number of fused-ring (bicyclic) bond motifs is 1. The number of amides is 1. The fraction of sp³-hybridized carbons (Fsp3) is 0.409. The quantitative estimate of drug-likeness (QED) is 0.823. The second-order valence-electron chi connectivity index (χ2n) is 8.96. The van der Waals surface area contributed by atoms with E-state index in [2.05, 4.69) is 17.1 Å². The van der Waals surface area contributed by atoms with Crippen LogP contribution in [-0.2, 0) is 10.2 Å². The number of benzene rings is 1. The van der Waals surface area contributed by atoms with E-state index in [-0.39, 0.29) is 22.9 Å². The van der Waals surface area contributed by atoms with Gasteiger partial charge in [0.05, 0.1) is 0 Å². The van der Waals surface area contributed by atoms with Crippen molar-refractivity contribution < 1.29 is 19.4 Å². The molecule has 1 aliphatic heterocycles. The second kappa shape index (κ2) is 6.47. The van der Waals surface area contributed by atoms with Crippen molar-refractivity contribution in [2.24, 2.45) is 5.92 Å². The van der Waals surface area contributed by atoms with Gasteiger partial charge in [-0.15, -0.1) is 0 Å². The molecule has 1 aromatic carbocycles. The van der Waals surface area contributed by atoms with E-state index in [0.717, 1.165) is 18.5 Å². The molecule has 2 atom stereocenters. The van der Waals surface area contributed by atoms with E-state index in [1.165, 1.54) is 11.6 Å². The van der Waals surface area contributed by atoms with E-state index in [1.807, 2.05) is 32.9 Å². The van der Waals surface area contributed by atoms with Crippen LogP contribution in [0, 0.1) is 5.92 Å². The molecule has 3 N–H and O–H groups in total. The summed E-state index contributed by atoms with van der Waals surface area (Å²) in [7, 11) is 0. The first-order valence-electron chi connectivity index (χ1n) is 9.67. The third kappa shape index (κ3) is 3.52. The lowest BCUT2D eigenvalue weighted by Gasteiger charge is -2.26. The van der Waals surface area contributed by atoms with Gasteiger partial charge >= 0.3 is 12.1 Å². The number of pyridine rings is 1. The second-order valence-corrected chi connectivity index (χ2v) is 8.96. The Morgan fingerprint density at radius 1 is 1.24 bits per heavy atom. The minimum absolute atomic E-state index is 0.00102. The fourth-order valence-electron chi connectivity index (χ4n) is 4.19. The Morgan fingerprint density at radius 3 is 2.55 bits per heavy atom. The van der Waals surface area contributed by atoms with Gasteiger partial charge in [0.1, 0.15) is 17.0 Å². The van der Waals surface area contributed by atoms with Gasteiger partial charge in [-0.2, -0.15) is 0 Å². The van der Waals surface area contributed by atoms with Crippen LogP contribution >= 0.6 is 0 Å². The Labute approximate surface area is 169 Å². The minimum atomic E-state index is -1.10. The molecule has 1 aliphatic carbocycles. The highest BCUT2D eigenvalue weighted by Gasteiger charge is 2.62. The number of nitrogens with two attached hydrogens (primary N) is 1. The minimum Gasteiger partial charge on any atom is -0.478 e. The van der Waals surface area contributed by atoms with Gasteiger partial charge in [0, 0.05) is 30.3 Å². The number of carboxylic acid groups (broad SMARTS) is 1. The number of hydrogen-bond donors (Lipinski definition) is 2. The predicted molar refractivity (Wildman–Crippen MR) is 109 cm³/mol. The molecule has 1 saturated heterocycles. The number of nitrogen functional groups attached to an aromatic ring is 1. The smallest absolute Gasteiger partial charge is 0.410 e. The van der Waals surface area contributed by atoms with Gasteiger partial charge in [-0.1, -0.05) is 24.3 Å². The molecular weight excluding hydrogens is 370 g/mol. The number of piperidine rings is 1. The average molecular weight is 395 g/mol. The Morgan fingerprint density at radius 2 is 1.93 bits per heavy atom. The standard InChI is InChI=1S/C22H25N3O4/c1-21(2,3)29-20(28)25-11-16-9-22(16,12-25)15-6-4-13(5-7-15)14-8-17(19(26)27)18(23)24-10-14/h4-8,10,16H,9,11-12H2,1-3H3,(H2,23,24)(H,26,27)/t16-,22+/m0/s1. The number of carbonyl (C=O) groups excluding carboxylic acids is 1. The molecule has 0 spiro atoms. The monoisotopic (exact) mass is 395 g/mol. The molecule has 152 valence electrons. The number of hydrogen-bond acceptors (Lipinski definition) is 5. The normalized spacial score (nSPS) is 22.9. The number of likely N-dealkylation sites (tertiary alicyclic amines) is 1. The number of aromatic nitrogens is 1. The largest absolute Gasteiger partial charge is 0.478 e. The average Bonchev–Trinajstić information content (AvgIpc) is 3.22. The van der Waals surface area contributed by atoms with Crippen molar-refractivity contribution >= 4 is 17.9 Å². The topological polar surface area (TPSA) is 106 Å². The molecule has 0 unspecified atom stereocenters. The van der Waals surface area contributed by atoms with Crippen molar-refractivity contribution in [1.82, 2.24) is 9.88 Å². The van der Waals surface area contributed by atoms with Gasteiger partial charge in [-0.25, -0.2) is 14.6 Å². The molecule has 0 bridgehead atoms. The van der Waals surface area contributed by atoms with E-state index in [0.29, 0.717) is 18.0 Å². The van der Waals surface area contributed by atoms with Crippen LogP contribution in [0.25, 0.3) is 11.1 Å². The summed E-state index contributed by atoms with van der Waals surface area (Å²) in [6.45, 7) is 7.01. The molecular formula is C22H25N3O4. The van der Waals surface area contributed by atoms with Crippen LogP contribution in [-0.4, -0.2) is 45.7 Å². The third-order valence-electron chi connectivity index (χ3n) is 5.74. The van der Waals surface area contributed by atoms with Crippen LogP contribution in [0.5, 0.6) is 0 Å². The summed E-state index contributed by atoms with van der Waals surface area (Å²) < 4.78 is 5.51. The summed E-state index contributed by atoms with van der Waals surface area (Å²) in [5.41, 5.74) is 7.91. The Bertz CT molecular complexity index is 981. The summed E-state index contributed by atoms with van der Waals surface area (Å²) in [5, 5.41) is 9.24. The molecule has 2 fully saturated rings. The number of ether oxygens (including phenoxy) is 1. The summed E-state index contributed by atoms with van der Waals surface area (Å²) >= 11 is 0. The van der Waals surface area contributed by atoms with Gasteiger partial charge in [0.2, 0.25) is 0 Å². The van der Waals surface area contributed by atoms with Crippen LogP contribution in [0.3, 0.4) is 0 Å². The summed E-state index contributed by atoms with van der Waals surface area (Å²) in [6.07, 6.45) is 2.39. The molecule has 1 aromatic heterocycles. The van der Waals surface area contributed by atoms with Crippen LogP contribution in [0.1, 0.15) is 43.1 Å². The number of carbonyl (C=O) groups is 2. The molecule has 1 amide bonds. The predicted octanol–water partition coefficient (Wildman–Crippen LogP) is 3.54. The molecule has 29 heavy (non-hydrogen) atoms. The Kier molecular flexibility index (Phi) is 4.29. The highest BCUT2D eigenvalue weighted by Crippen LogP contribution is 2.59. The molecule has 0 radical (unpaired) electrons. The third-order valence-corrected chi connectivity index (χ3v) is 5.74. The van der Waals surface area contributed by atoms with E-state index >= 15 is 0 Å². The van der Waals surface area contributed by atoms with Crippen molar-refractivity contribution in [2.45, 2.75) is 38.2 Å². The van der Waals surface area contributed by atoms with Crippen molar-refractivity contribution in [1.29, 1.82) is 0 Å². The van der Waals surface area contributed by atoms with Gasteiger partial charge in [-0.05, 0) is 50.3 Å². The maximum absolute atomic E-state index is 12.4. The number of rotatable bonds is 3. The molecule has 7 nitrogen and oxygen atoms in total. The first kappa shape index (κ1) is 19.2. The lowest BCUT2D eigenvalue weighted by atomic mass is 9.93. The van der Waals surface area contributed by atoms with Crippen LogP contribution in [0.2, 0.25) is 0 Å². The molecule has 1 saturated carbocycles. The summed E-state index contributed by atoms with van der Waals surface area (Å²) in [4.78, 5) is 29.5. The zero-order valence-corrected chi connectivity index (χ0v) is 16.8. The number of aromatic carboxylic acids is 1. The lowest BCUT2D eigenvalue weighted by Crippen LogP contribution is -2.37. The van der Waals surface area contributed by atoms with E-state index in [1.54, 1.807) is 11.1 Å². The van der Waals surface area contributed by atoms with Crippen molar-refractivity contribution in [3.63, 3.8) is 0 Å². The van der Waals surface area contributed by atoms with Crippen LogP contribution in [0.4, 0.5) is 10.6 Å². The van der Waals surface area contributed by atoms with Crippen molar-refractivity contribution in [2.75, 3.05) is 18.8 Å². The van der Waals surface area contributed by atoms with Gasteiger partial charge in [0.25, 0.3) is 0 Å². The fourth-order valence-corrected chi connectivity index (χ4v) is 4.19. The Balaban J connectivity index is 1.52. The first-order valence-corrected chi connectivity index (χ1v) is 9.67. The molecule has 4 rings (SSSR count). The van der Waals surface area contributed by atoms with E-state index < -0.39 is 11.6 Å². The van der Waals surface area contributed by atoms with Crippen molar-refractivity contribution in [3.05, 3.63) is 47.7 Å².